The summed E-state index contributed by atoms with van der Waals surface area (Å²) in [6, 6.07) is 0.274. The van der Waals surface area contributed by atoms with E-state index in [2.05, 4.69) is 48.5 Å². The molecule has 0 heterocycles. The average Bonchev–Trinajstić information content (AvgIpc) is 2.38. The van der Waals surface area contributed by atoms with Crippen LogP contribution in [0.3, 0.4) is 0 Å². The van der Waals surface area contributed by atoms with Crippen LogP contribution in [0.5, 0.6) is 0 Å². The molecule has 0 aromatic heterocycles. The van der Waals surface area contributed by atoms with Crippen molar-refractivity contribution >= 4 is 6.21 Å². The lowest BCUT2D eigenvalue weighted by molar-refractivity contribution is 0.338. The molecule has 1 rings (SSSR count). The van der Waals surface area contributed by atoms with Crippen LogP contribution >= 0.6 is 0 Å². The fourth-order valence-corrected chi connectivity index (χ4v) is 1.38. The van der Waals surface area contributed by atoms with E-state index >= 15 is 0 Å². The van der Waals surface area contributed by atoms with Crippen LogP contribution < -0.4 is 0 Å². The van der Waals surface area contributed by atoms with Crippen LogP contribution in [0.1, 0.15) is 26.2 Å². The van der Waals surface area contributed by atoms with Crippen LogP contribution in [-0.2, 0) is 0 Å². The highest BCUT2D eigenvalue weighted by Gasteiger charge is 2.03. The minimum absolute atomic E-state index is 0.274. The van der Waals surface area contributed by atoms with Crippen molar-refractivity contribution in [1.29, 1.82) is 0 Å². The van der Waals surface area contributed by atoms with E-state index in [1.165, 1.54) is 0 Å². The van der Waals surface area contributed by atoms with Gasteiger partial charge < -0.3 is 0 Å². The Bertz CT molecular complexity index is 274. The van der Waals surface area contributed by atoms with Crippen LogP contribution in [0.15, 0.2) is 41.6 Å². The summed E-state index contributed by atoms with van der Waals surface area (Å²) in [5, 5.41) is 6.33. The Hall–Kier alpha value is -1.31. The van der Waals surface area contributed by atoms with Crippen molar-refractivity contribution in [2.24, 2.45) is 5.10 Å². The first-order valence-electron chi connectivity index (χ1n) is 5.60. The SMILES string of the molecule is CC/C=N\N(C)C1C=C/C=C\CCC=C1. The first-order valence-corrected chi connectivity index (χ1v) is 5.60. The highest BCUT2D eigenvalue weighted by molar-refractivity contribution is 5.56. The second-order valence-corrected chi connectivity index (χ2v) is 3.59. The van der Waals surface area contributed by atoms with Crippen molar-refractivity contribution in [3.05, 3.63) is 36.5 Å². The minimum Gasteiger partial charge on any atom is -0.290 e. The predicted octanol–water partition coefficient (Wildman–Crippen LogP) is 3.15. The van der Waals surface area contributed by atoms with Gasteiger partial charge in [0.25, 0.3) is 0 Å². The summed E-state index contributed by atoms with van der Waals surface area (Å²) in [6.07, 6.45) is 18.1. The van der Waals surface area contributed by atoms with Gasteiger partial charge in [0.15, 0.2) is 0 Å². The van der Waals surface area contributed by atoms with Gasteiger partial charge in [-0.1, -0.05) is 43.4 Å². The van der Waals surface area contributed by atoms with Crippen LogP contribution in [0.25, 0.3) is 0 Å². The van der Waals surface area contributed by atoms with E-state index in [9.17, 15) is 0 Å². The van der Waals surface area contributed by atoms with Gasteiger partial charge in [0, 0.05) is 13.3 Å². The number of hydrogen-bond donors (Lipinski definition) is 0. The lowest BCUT2D eigenvalue weighted by Crippen LogP contribution is -2.23. The van der Waals surface area contributed by atoms with Crippen molar-refractivity contribution in [2.75, 3.05) is 7.05 Å². The fraction of sp³-hybridized carbons (Fsp3) is 0.462. The quantitative estimate of drug-likeness (QED) is 0.392. The number of hydrazone groups is 1. The van der Waals surface area contributed by atoms with Gasteiger partial charge in [-0.2, -0.15) is 5.10 Å². The number of nitrogens with zero attached hydrogens (tertiary/aromatic N) is 2. The normalized spacial score (nSPS) is 23.5. The summed E-state index contributed by atoms with van der Waals surface area (Å²) < 4.78 is 0. The van der Waals surface area contributed by atoms with Gasteiger partial charge in [0.1, 0.15) is 0 Å². The van der Waals surface area contributed by atoms with Crippen LogP contribution in [0.2, 0.25) is 0 Å². The molecule has 0 aromatic carbocycles. The Morgan fingerprint density at radius 2 is 2.07 bits per heavy atom. The monoisotopic (exact) mass is 204 g/mol. The predicted molar refractivity (Wildman–Crippen MR) is 67.0 cm³/mol. The van der Waals surface area contributed by atoms with E-state index in [1.54, 1.807) is 0 Å². The van der Waals surface area contributed by atoms with Crippen molar-refractivity contribution in [1.82, 2.24) is 5.01 Å². The maximum absolute atomic E-state index is 4.35. The van der Waals surface area contributed by atoms with Crippen LogP contribution in [0.4, 0.5) is 0 Å². The maximum atomic E-state index is 4.35. The summed E-state index contributed by atoms with van der Waals surface area (Å²) in [5.41, 5.74) is 0. The average molecular weight is 204 g/mol. The maximum Gasteiger partial charge on any atom is 0.0831 e. The molecule has 0 saturated carbocycles. The summed E-state index contributed by atoms with van der Waals surface area (Å²) >= 11 is 0. The third-order valence-electron chi connectivity index (χ3n) is 2.27. The number of rotatable bonds is 3. The molecule has 1 unspecified atom stereocenters. The summed E-state index contributed by atoms with van der Waals surface area (Å²) in [7, 11) is 2.01. The van der Waals surface area contributed by atoms with Crippen molar-refractivity contribution < 1.29 is 0 Å². The van der Waals surface area contributed by atoms with E-state index in [0.717, 1.165) is 19.3 Å². The van der Waals surface area contributed by atoms with E-state index < -0.39 is 0 Å². The van der Waals surface area contributed by atoms with Crippen molar-refractivity contribution in [2.45, 2.75) is 32.2 Å². The van der Waals surface area contributed by atoms with Crippen molar-refractivity contribution in [3.63, 3.8) is 0 Å². The van der Waals surface area contributed by atoms with Crippen molar-refractivity contribution in [3.8, 4) is 0 Å². The molecule has 0 saturated heterocycles. The third kappa shape index (κ3) is 4.63. The number of likely N-dealkylation sites (N-methyl/N-ethyl adjacent to an activating group) is 1. The Morgan fingerprint density at radius 1 is 1.27 bits per heavy atom. The largest absolute Gasteiger partial charge is 0.290 e. The molecular weight excluding hydrogens is 184 g/mol. The second kappa shape index (κ2) is 7.04. The molecule has 0 spiro atoms. The highest BCUT2D eigenvalue weighted by atomic mass is 15.4. The molecule has 0 radical (unpaired) electrons. The van der Waals surface area contributed by atoms with Gasteiger partial charge in [-0.15, -0.1) is 0 Å². The first-order chi connectivity index (χ1) is 7.34. The summed E-state index contributed by atoms with van der Waals surface area (Å²) in [4.78, 5) is 0. The molecule has 0 bridgehead atoms. The van der Waals surface area contributed by atoms with Crippen LogP contribution in [-0.4, -0.2) is 24.3 Å². The first kappa shape index (κ1) is 11.8. The van der Waals surface area contributed by atoms with E-state index in [4.69, 9.17) is 0 Å². The van der Waals surface area contributed by atoms with Gasteiger partial charge in [-0.05, 0) is 19.3 Å². The van der Waals surface area contributed by atoms with Gasteiger partial charge in [-0.3, -0.25) is 5.01 Å². The zero-order valence-electron chi connectivity index (χ0n) is 9.63. The molecule has 1 aliphatic rings. The minimum atomic E-state index is 0.274. The molecule has 0 aliphatic heterocycles. The molecular formula is C13H20N2. The van der Waals surface area contributed by atoms with Gasteiger partial charge >= 0.3 is 0 Å². The molecule has 0 aromatic rings. The molecule has 0 fully saturated rings. The third-order valence-corrected chi connectivity index (χ3v) is 2.27. The molecule has 15 heavy (non-hydrogen) atoms. The molecule has 82 valence electrons. The second-order valence-electron chi connectivity index (χ2n) is 3.59. The highest BCUT2D eigenvalue weighted by Crippen LogP contribution is 2.06. The standard InChI is InChI=1S/C13H20N2/c1-3-12-14-15(2)13-10-8-6-4-5-7-9-11-13/h4,6,8-13H,3,5,7H2,1-2H3/b6-4-,10-8?,11-9?,14-12-. The lowest BCUT2D eigenvalue weighted by Gasteiger charge is -2.19. The van der Waals surface area contributed by atoms with E-state index in [-0.39, 0.29) is 6.04 Å². The molecule has 0 amide bonds. The Kier molecular flexibility index (Phi) is 5.52. The van der Waals surface area contributed by atoms with E-state index in [0.29, 0.717) is 0 Å². The Balaban J connectivity index is 2.63. The molecule has 1 aliphatic carbocycles. The molecule has 1 atom stereocenters. The smallest absolute Gasteiger partial charge is 0.0831 e. The van der Waals surface area contributed by atoms with Crippen LogP contribution in [0, 0.1) is 0 Å². The molecule has 2 nitrogen and oxygen atoms in total. The zero-order valence-corrected chi connectivity index (χ0v) is 9.63. The fourth-order valence-electron chi connectivity index (χ4n) is 1.38. The topological polar surface area (TPSA) is 15.6 Å². The van der Waals surface area contributed by atoms with Gasteiger partial charge in [0.2, 0.25) is 0 Å². The molecule has 2 heteroatoms. The van der Waals surface area contributed by atoms with E-state index in [1.807, 2.05) is 18.3 Å². The summed E-state index contributed by atoms with van der Waals surface area (Å²) in [6.45, 7) is 2.09. The summed E-state index contributed by atoms with van der Waals surface area (Å²) in [5.74, 6) is 0. The number of hydrogen-bond acceptors (Lipinski definition) is 2. The lowest BCUT2D eigenvalue weighted by atomic mass is 10.2. The molecule has 0 N–H and O–H groups in total. The number of allylic oxidation sites excluding steroid dienone is 4. The Labute approximate surface area is 92.7 Å². The van der Waals surface area contributed by atoms with Gasteiger partial charge in [-0.25, -0.2) is 0 Å². The Morgan fingerprint density at radius 3 is 2.87 bits per heavy atom. The van der Waals surface area contributed by atoms with Gasteiger partial charge in [0.05, 0.1) is 6.04 Å². The zero-order chi connectivity index (χ0) is 10.9.